The minimum atomic E-state index is 0. The summed E-state index contributed by atoms with van der Waals surface area (Å²) in [6.07, 6.45) is 2.13. The highest BCUT2D eigenvalue weighted by Crippen LogP contribution is 2.31. The number of ether oxygens (including phenoxy) is 2. The van der Waals surface area contributed by atoms with Crippen molar-refractivity contribution in [1.29, 1.82) is 0 Å². The number of nitrogens with one attached hydrogen (secondary N) is 1. The number of halogens is 1. The summed E-state index contributed by atoms with van der Waals surface area (Å²) < 4.78 is 11.4. The summed E-state index contributed by atoms with van der Waals surface area (Å²) in [5, 5.41) is 3.37. The predicted octanol–water partition coefficient (Wildman–Crippen LogP) is 3.61. The Balaban J connectivity index is 0.00000312. The fraction of sp³-hybridized carbons (Fsp3) is 0.611. The first-order chi connectivity index (χ1) is 11.4. The molecule has 1 heterocycles. The van der Waals surface area contributed by atoms with E-state index in [-0.39, 0.29) is 28.7 Å². The maximum absolute atomic E-state index is 5.67. The van der Waals surface area contributed by atoms with Gasteiger partial charge in [-0.2, -0.15) is 11.8 Å². The molecule has 0 aromatic heterocycles. The molecule has 0 bridgehead atoms. The fourth-order valence-electron chi connectivity index (χ4n) is 2.33. The molecule has 5 nitrogen and oxygen atoms in total. The molecule has 0 atom stereocenters. The van der Waals surface area contributed by atoms with Gasteiger partial charge in [-0.25, -0.2) is 0 Å². The van der Waals surface area contributed by atoms with Crippen LogP contribution in [0.25, 0.3) is 0 Å². The number of benzene rings is 1. The van der Waals surface area contributed by atoms with Crippen molar-refractivity contribution in [2.24, 2.45) is 4.99 Å². The Kier molecular flexibility index (Phi) is 9.20. The molecule has 0 unspecified atom stereocenters. The normalized spacial score (nSPS) is 13.9. The number of rotatable bonds is 6. The third kappa shape index (κ3) is 6.77. The van der Waals surface area contributed by atoms with Crippen molar-refractivity contribution in [1.82, 2.24) is 10.2 Å². The molecule has 1 aromatic carbocycles. The number of hydrogen-bond acceptors (Lipinski definition) is 4. The maximum Gasteiger partial charge on any atom is 0.194 e. The minimum Gasteiger partial charge on any atom is -0.486 e. The standard InChI is InChI=1S/C18H29N3O2S.HI/c1-6-19-17(20-13-18(2,3)24-5)21(4)12-14-7-8-15-16(11-14)23-10-9-22-15;/h7-8,11H,6,9-10,12-13H2,1-5H3,(H,19,20);1H. The first kappa shape index (κ1) is 22.2. The van der Waals surface area contributed by atoms with Gasteiger partial charge in [0.25, 0.3) is 0 Å². The van der Waals surface area contributed by atoms with Crippen molar-refractivity contribution >= 4 is 41.7 Å². The third-order valence-electron chi connectivity index (χ3n) is 3.88. The summed E-state index contributed by atoms with van der Waals surface area (Å²) in [5.74, 6) is 2.59. The summed E-state index contributed by atoms with van der Waals surface area (Å²) in [7, 11) is 2.06. The second-order valence-corrected chi connectivity index (χ2v) is 7.98. The molecular weight excluding hydrogens is 449 g/mol. The Morgan fingerprint density at radius 3 is 2.60 bits per heavy atom. The largest absolute Gasteiger partial charge is 0.486 e. The van der Waals surface area contributed by atoms with E-state index in [4.69, 9.17) is 14.5 Å². The van der Waals surface area contributed by atoms with Gasteiger partial charge in [-0.15, -0.1) is 24.0 Å². The van der Waals surface area contributed by atoms with Crippen molar-refractivity contribution in [3.8, 4) is 11.5 Å². The topological polar surface area (TPSA) is 46.1 Å². The van der Waals surface area contributed by atoms with Crippen molar-refractivity contribution < 1.29 is 9.47 Å². The highest BCUT2D eigenvalue weighted by Gasteiger charge is 2.17. The van der Waals surface area contributed by atoms with E-state index in [1.54, 1.807) is 0 Å². The average molecular weight is 479 g/mol. The molecule has 0 fully saturated rings. The molecule has 2 rings (SSSR count). The zero-order valence-electron chi connectivity index (χ0n) is 15.8. The molecule has 0 spiro atoms. The van der Waals surface area contributed by atoms with E-state index in [2.05, 4.69) is 56.4 Å². The maximum atomic E-state index is 5.67. The molecule has 25 heavy (non-hydrogen) atoms. The van der Waals surface area contributed by atoms with Crippen LogP contribution in [-0.4, -0.2) is 55.2 Å². The van der Waals surface area contributed by atoms with E-state index in [0.29, 0.717) is 13.2 Å². The number of nitrogens with zero attached hydrogens (tertiary/aromatic N) is 2. The number of aliphatic imine (C=N–C) groups is 1. The summed E-state index contributed by atoms with van der Waals surface area (Å²) in [5.41, 5.74) is 1.18. The summed E-state index contributed by atoms with van der Waals surface area (Å²) in [6, 6.07) is 6.12. The predicted molar refractivity (Wildman–Crippen MR) is 118 cm³/mol. The van der Waals surface area contributed by atoms with Gasteiger partial charge in [0.1, 0.15) is 13.2 Å². The molecule has 7 heteroatoms. The smallest absolute Gasteiger partial charge is 0.194 e. The SMILES string of the molecule is CCNC(=NCC(C)(C)SC)N(C)Cc1ccc2c(c1)OCCO2.I. The Morgan fingerprint density at radius 1 is 1.28 bits per heavy atom. The van der Waals surface area contributed by atoms with Crippen LogP contribution in [0.15, 0.2) is 23.2 Å². The van der Waals surface area contributed by atoms with E-state index >= 15 is 0 Å². The molecule has 0 amide bonds. The van der Waals surface area contributed by atoms with Gasteiger partial charge in [-0.3, -0.25) is 4.99 Å². The van der Waals surface area contributed by atoms with Crippen LogP contribution in [0.4, 0.5) is 0 Å². The Morgan fingerprint density at radius 2 is 1.96 bits per heavy atom. The number of hydrogen-bond donors (Lipinski definition) is 1. The molecule has 1 N–H and O–H groups in total. The molecular formula is C18H30IN3O2S. The molecule has 0 aliphatic carbocycles. The summed E-state index contributed by atoms with van der Waals surface area (Å²) >= 11 is 1.83. The number of guanidine groups is 1. The van der Waals surface area contributed by atoms with Gasteiger partial charge in [-0.05, 0) is 44.7 Å². The van der Waals surface area contributed by atoms with Crippen LogP contribution < -0.4 is 14.8 Å². The van der Waals surface area contributed by atoms with Crippen molar-refractivity contribution in [3.63, 3.8) is 0 Å². The van der Waals surface area contributed by atoms with Crippen LogP contribution in [-0.2, 0) is 6.54 Å². The van der Waals surface area contributed by atoms with Crippen molar-refractivity contribution in [2.45, 2.75) is 32.1 Å². The van der Waals surface area contributed by atoms with Gasteiger partial charge in [0, 0.05) is 24.9 Å². The lowest BCUT2D eigenvalue weighted by molar-refractivity contribution is 0.171. The fourth-order valence-corrected chi connectivity index (χ4v) is 2.53. The molecule has 1 aliphatic heterocycles. The van der Waals surface area contributed by atoms with Crippen LogP contribution in [0.5, 0.6) is 11.5 Å². The Labute approximate surface area is 173 Å². The molecule has 0 saturated heterocycles. The van der Waals surface area contributed by atoms with Gasteiger partial charge in [0.05, 0.1) is 6.54 Å². The minimum absolute atomic E-state index is 0. The summed E-state index contributed by atoms with van der Waals surface area (Å²) in [4.78, 5) is 6.94. The lowest BCUT2D eigenvalue weighted by Crippen LogP contribution is -2.39. The van der Waals surface area contributed by atoms with E-state index in [9.17, 15) is 0 Å². The third-order valence-corrected chi connectivity index (χ3v) is 5.12. The second-order valence-electron chi connectivity index (χ2n) is 6.47. The number of fused-ring (bicyclic) bond motifs is 1. The van der Waals surface area contributed by atoms with Crippen molar-refractivity contribution in [2.75, 3.05) is 39.6 Å². The van der Waals surface area contributed by atoms with E-state index in [1.165, 1.54) is 5.56 Å². The average Bonchev–Trinajstić information content (AvgIpc) is 2.58. The Bertz CT molecular complexity index is 581. The summed E-state index contributed by atoms with van der Waals surface area (Å²) in [6.45, 7) is 10.1. The molecule has 1 aliphatic rings. The van der Waals surface area contributed by atoms with Gasteiger partial charge < -0.3 is 19.7 Å². The highest BCUT2D eigenvalue weighted by atomic mass is 127. The second kappa shape index (κ2) is 10.4. The van der Waals surface area contributed by atoms with Crippen LogP contribution in [0, 0.1) is 0 Å². The van der Waals surface area contributed by atoms with Gasteiger partial charge in [-0.1, -0.05) is 6.07 Å². The van der Waals surface area contributed by atoms with Gasteiger partial charge in [0.2, 0.25) is 0 Å². The molecule has 0 radical (unpaired) electrons. The number of thioether (sulfide) groups is 1. The van der Waals surface area contributed by atoms with Gasteiger partial charge >= 0.3 is 0 Å². The molecule has 1 aromatic rings. The Hall–Kier alpha value is -0.830. The molecule has 142 valence electrons. The van der Waals surface area contributed by atoms with E-state index in [1.807, 2.05) is 17.8 Å². The first-order valence-corrected chi connectivity index (χ1v) is 9.61. The van der Waals surface area contributed by atoms with E-state index < -0.39 is 0 Å². The lowest BCUT2D eigenvalue weighted by Gasteiger charge is -2.25. The van der Waals surface area contributed by atoms with Gasteiger partial charge in [0.15, 0.2) is 17.5 Å². The monoisotopic (exact) mass is 479 g/mol. The lowest BCUT2D eigenvalue weighted by atomic mass is 10.2. The molecule has 0 saturated carbocycles. The van der Waals surface area contributed by atoms with Crippen LogP contribution in [0.2, 0.25) is 0 Å². The zero-order valence-corrected chi connectivity index (χ0v) is 18.9. The quantitative estimate of drug-likeness (QED) is 0.384. The first-order valence-electron chi connectivity index (χ1n) is 8.38. The zero-order chi connectivity index (χ0) is 17.6. The van der Waals surface area contributed by atoms with Crippen LogP contribution >= 0.6 is 35.7 Å². The van der Waals surface area contributed by atoms with E-state index in [0.717, 1.165) is 37.1 Å². The van der Waals surface area contributed by atoms with Crippen molar-refractivity contribution in [3.05, 3.63) is 23.8 Å². The van der Waals surface area contributed by atoms with Crippen LogP contribution in [0.3, 0.4) is 0 Å². The van der Waals surface area contributed by atoms with Crippen LogP contribution in [0.1, 0.15) is 26.3 Å². The highest BCUT2D eigenvalue weighted by molar-refractivity contribution is 14.0.